The topological polar surface area (TPSA) is 109 Å². The average molecular weight is 181 g/mol. The van der Waals surface area contributed by atoms with Crippen molar-refractivity contribution in [3.05, 3.63) is 0 Å². The Labute approximate surface area is 44.2 Å². The van der Waals surface area contributed by atoms with E-state index < -0.39 is 18.4 Å². The third-order valence-corrected chi connectivity index (χ3v) is 3.15. The second kappa shape index (κ2) is 1.47. The molecule has 0 aromatic rings. The Morgan fingerprint density at radius 3 is 1.25 bits per heavy atom. The van der Waals surface area contributed by atoms with E-state index in [-0.39, 0.29) is 0 Å². The van der Waals surface area contributed by atoms with E-state index >= 15 is 0 Å². The van der Waals surface area contributed by atoms with Crippen LogP contribution in [0, 0.1) is 0 Å². The molecule has 0 unspecified atom stereocenters. The molecular formula is H2CrO6P. The van der Waals surface area contributed by atoms with Crippen LogP contribution in [0.3, 0.4) is 0 Å². The summed E-state index contributed by atoms with van der Waals surface area (Å²) in [7, 11) is 0. The van der Waals surface area contributed by atoms with Crippen molar-refractivity contribution < 1.29 is 37.1 Å². The molecule has 0 heterocycles. The van der Waals surface area contributed by atoms with Crippen molar-refractivity contribution in [2.24, 2.45) is 0 Å². The molecule has 0 fully saturated rings. The van der Waals surface area contributed by atoms with Gasteiger partial charge in [-0.15, -0.1) is 0 Å². The Balaban J connectivity index is 5.37. The van der Waals surface area contributed by atoms with Crippen LogP contribution in [0.4, 0.5) is 0 Å². The van der Waals surface area contributed by atoms with Crippen molar-refractivity contribution in [3.8, 4) is 0 Å². The van der Waals surface area contributed by atoms with Gasteiger partial charge in [0.15, 0.2) is 0 Å². The monoisotopic (exact) mass is 181 g/mol. The van der Waals surface area contributed by atoms with Crippen LogP contribution in [0.1, 0.15) is 0 Å². The second-order valence-electron chi connectivity index (χ2n) is 0.984. The maximum atomic E-state index is 9.51. The molecule has 8 heavy (non-hydrogen) atoms. The summed E-state index contributed by atoms with van der Waals surface area (Å²) in [6, 6.07) is 0. The van der Waals surface area contributed by atoms with E-state index in [4.69, 9.17) is 8.32 Å². The fourth-order valence-corrected chi connectivity index (χ4v) is 0. The van der Waals surface area contributed by atoms with Gasteiger partial charge in [-0.25, -0.2) is 0 Å². The van der Waals surface area contributed by atoms with E-state index in [0.29, 0.717) is 0 Å². The van der Waals surface area contributed by atoms with E-state index in [0.717, 1.165) is 0 Å². The zero-order valence-corrected chi connectivity index (χ0v) is 5.55. The van der Waals surface area contributed by atoms with Gasteiger partial charge in [-0.3, -0.25) is 0 Å². The van der Waals surface area contributed by atoms with Gasteiger partial charge in [-0.05, 0) is 0 Å². The first-order valence-electron chi connectivity index (χ1n) is 1.25. The summed E-state index contributed by atoms with van der Waals surface area (Å²) in [4.78, 5) is 0. The van der Waals surface area contributed by atoms with Crippen LogP contribution < -0.4 is 0 Å². The van der Waals surface area contributed by atoms with Gasteiger partial charge in [-0.1, -0.05) is 0 Å². The molecule has 0 atom stereocenters. The molecule has 0 aliphatic rings. The first kappa shape index (κ1) is 7.95. The van der Waals surface area contributed by atoms with Crippen molar-refractivity contribution in [3.63, 3.8) is 0 Å². The van der Waals surface area contributed by atoms with E-state index in [1.807, 2.05) is 0 Å². The average Bonchev–Trinajstić information content (AvgIpc) is 1.27. The molecule has 0 bridgehead atoms. The molecule has 0 radical (unpaired) electrons. The van der Waals surface area contributed by atoms with Crippen molar-refractivity contribution in [1.82, 2.24) is 0 Å². The fourth-order valence-electron chi connectivity index (χ4n) is 0. The Kier molecular flexibility index (Phi) is 1.46. The van der Waals surface area contributed by atoms with Gasteiger partial charge in [0.2, 0.25) is 0 Å². The molecule has 0 spiro atoms. The standard InChI is InChI=1S/Cr.O2P.2H2O.2O/c;1-3-2;;;;/h;;2*1H2;;/q+2;;;;;/p-2. The van der Waals surface area contributed by atoms with Crippen LogP contribution >= 0.6 is 6.33 Å². The van der Waals surface area contributed by atoms with Crippen LogP contribution in [-0.4, -0.2) is 8.32 Å². The quantitative estimate of drug-likeness (QED) is 0.516. The van der Waals surface area contributed by atoms with Crippen molar-refractivity contribution in [1.29, 1.82) is 0 Å². The van der Waals surface area contributed by atoms with Crippen molar-refractivity contribution >= 4 is 6.33 Å². The van der Waals surface area contributed by atoms with Gasteiger partial charge in [0.25, 0.3) is 0 Å². The summed E-state index contributed by atoms with van der Waals surface area (Å²) in [5, 5.41) is 0. The predicted molar refractivity (Wildman–Crippen MR) is 14.1 cm³/mol. The van der Waals surface area contributed by atoms with Crippen LogP contribution in [0.15, 0.2) is 0 Å². The first-order chi connectivity index (χ1) is 3.20. The number of hydrogen-bond acceptors (Lipinski definition) is 4. The Morgan fingerprint density at radius 1 is 1.12 bits per heavy atom. The van der Waals surface area contributed by atoms with E-state index in [1.54, 1.807) is 0 Å². The van der Waals surface area contributed by atoms with Gasteiger partial charge in [-0.2, -0.15) is 0 Å². The molecule has 2 N–H and O–H groups in total. The van der Waals surface area contributed by atoms with Crippen LogP contribution in [0.25, 0.3) is 0 Å². The van der Waals surface area contributed by atoms with Gasteiger partial charge < -0.3 is 0 Å². The first-order valence-corrected chi connectivity index (χ1v) is 6.23. The van der Waals surface area contributed by atoms with Gasteiger partial charge in [0.1, 0.15) is 0 Å². The Morgan fingerprint density at radius 2 is 1.25 bits per heavy atom. The van der Waals surface area contributed by atoms with E-state index in [2.05, 4.69) is 0 Å². The Bertz CT molecular complexity index is 254. The molecule has 0 amide bonds. The van der Waals surface area contributed by atoms with Crippen molar-refractivity contribution in [2.45, 2.75) is 0 Å². The SMILES string of the molecule is O=[P](=O)[Cr](=[O])(=[O])([OH])[OH]. The fraction of sp³-hybridized carbons (Fsp3) is 0. The normalized spacial score (nSPS) is 16.5. The molecule has 0 aromatic heterocycles. The molecule has 6 nitrogen and oxygen atoms in total. The third-order valence-electron chi connectivity index (χ3n) is 0.255. The molecule has 0 rings (SSSR count). The number of hydrogen-bond donors (Lipinski definition) is 2. The summed E-state index contributed by atoms with van der Waals surface area (Å²) in [5.41, 5.74) is 0. The summed E-state index contributed by atoms with van der Waals surface area (Å²) in [5.74, 6) is 0. The van der Waals surface area contributed by atoms with Crippen LogP contribution in [-0.2, 0) is 28.8 Å². The minimum absolute atomic E-state index is 4.16. The zero-order valence-electron chi connectivity index (χ0n) is 3.38. The number of rotatable bonds is 1. The molecule has 0 saturated carbocycles. The Hall–Kier alpha value is -0.0475. The zero-order chi connectivity index (χ0) is 7.02. The molecule has 0 saturated heterocycles. The van der Waals surface area contributed by atoms with Crippen molar-refractivity contribution in [2.75, 3.05) is 0 Å². The maximum absolute atomic E-state index is 9.51. The predicted octanol–water partition coefficient (Wildman–Crippen LogP) is -0.731. The second-order valence-corrected chi connectivity index (χ2v) is 7.78. The van der Waals surface area contributed by atoms with E-state index in [1.165, 1.54) is 0 Å². The van der Waals surface area contributed by atoms with Gasteiger partial charge in [0, 0.05) is 0 Å². The van der Waals surface area contributed by atoms with Crippen LogP contribution in [0.2, 0.25) is 0 Å². The van der Waals surface area contributed by atoms with Gasteiger partial charge >= 0.3 is 43.5 Å². The molecule has 0 aliphatic heterocycles. The minimum atomic E-state index is -7.09. The summed E-state index contributed by atoms with van der Waals surface area (Å²) in [6.45, 7) is 0. The molecular weight excluding hydrogens is 179 g/mol. The van der Waals surface area contributed by atoms with E-state index in [9.17, 15) is 16.7 Å². The molecule has 49 valence electrons. The molecule has 0 aliphatic carbocycles. The molecule has 0 aromatic carbocycles. The van der Waals surface area contributed by atoms with Crippen LogP contribution in [0.5, 0.6) is 0 Å². The summed E-state index contributed by atoms with van der Waals surface area (Å²) >= 11 is -7.09. The van der Waals surface area contributed by atoms with Gasteiger partial charge in [0.05, 0.1) is 0 Å². The molecule has 8 heteroatoms. The third kappa shape index (κ3) is 2.31. The summed E-state index contributed by atoms with van der Waals surface area (Å²) < 4.78 is 52.8. The summed E-state index contributed by atoms with van der Waals surface area (Å²) in [6.07, 6.45) is -4.16.